The summed E-state index contributed by atoms with van der Waals surface area (Å²) in [7, 11) is 0. The summed E-state index contributed by atoms with van der Waals surface area (Å²) in [5, 5.41) is 18.3. The number of aryl methyl sites for hydroxylation is 1. The Hall–Kier alpha value is -3.36. The monoisotopic (exact) mass is 545 g/mol. The molecule has 1 amide bonds. The van der Waals surface area contributed by atoms with Crippen molar-refractivity contribution in [3.8, 4) is 5.75 Å². The van der Waals surface area contributed by atoms with E-state index < -0.39 is 5.91 Å². The van der Waals surface area contributed by atoms with Gasteiger partial charge in [-0.05, 0) is 67.4 Å². The molecule has 3 heterocycles. The maximum Gasteiger partial charge on any atom is 0.283 e. The predicted octanol–water partition coefficient (Wildman–Crippen LogP) is 6.88. The van der Waals surface area contributed by atoms with E-state index in [-0.39, 0.29) is 11.4 Å². The van der Waals surface area contributed by atoms with Gasteiger partial charge in [-0.15, -0.1) is 0 Å². The molecule has 0 saturated heterocycles. The van der Waals surface area contributed by atoms with Gasteiger partial charge in [0.25, 0.3) is 5.91 Å². The number of thioether (sulfide) groups is 1. The molecule has 6 rings (SSSR count). The van der Waals surface area contributed by atoms with Crippen LogP contribution in [0.2, 0.25) is 5.02 Å². The lowest BCUT2D eigenvalue weighted by atomic mass is 9.90. The highest BCUT2D eigenvalue weighted by molar-refractivity contribution is 8.27. The van der Waals surface area contributed by atoms with Crippen LogP contribution in [0.1, 0.15) is 43.2 Å². The van der Waals surface area contributed by atoms with Crippen molar-refractivity contribution in [1.82, 2.24) is 9.58 Å². The lowest BCUT2D eigenvalue weighted by Gasteiger charge is -2.20. The number of hydrogen-bond acceptors (Lipinski definition) is 5. The third-order valence-electron chi connectivity index (χ3n) is 7.27. The van der Waals surface area contributed by atoms with Crippen molar-refractivity contribution in [3.05, 3.63) is 70.4 Å². The van der Waals surface area contributed by atoms with E-state index in [1.54, 1.807) is 6.08 Å². The summed E-state index contributed by atoms with van der Waals surface area (Å²) in [4.78, 5) is 17.3. The summed E-state index contributed by atoms with van der Waals surface area (Å²) in [6.45, 7) is 3.05. The molecule has 1 aromatic heterocycles. The van der Waals surface area contributed by atoms with Gasteiger partial charge in [0.2, 0.25) is 5.17 Å². The average molecular weight is 546 g/mol. The fraction of sp³-hybridized carbons (Fsp3) is 0.310. The van der Waals surface area contributed by atoms with E-state index in [0.29, 0.717) is 29.3 Å². The maximum atomic E-state index is 13.0. The van der Waals surface area contributed by atoms with Crippen LogP contribution in [-0.4, -0.2) is 38.1 Å². The van der Waals surface area contributed by atoms with Crippen molar-refractivity contribution in [2.75, 3.05) is 6.61 Å². The number of aromatic nitrogens is 1. The van der Waals surface area contributed by atoms with Gasteiger partial charge in [0, 0.05) is 33.6 Å². The molecule has 0 spiro atoms. The summed E-state index contributed by atoms with van der Waals surface area (Å²) in [6, 6.07) is 13.7. The Kier molecular flexibility index (Phi) is 6.84. The van der Waals surface area contributed by atoms with Crippen LogP contribution in [0.25, 0.3) is 17.0 Å². The van der Waals surface area contributed by atoms with Crippen molar-refractivity contribution >= 4 is 62.3 Å². The molecule has 9 heteroatoms. The zero-order valence-electron chi connectivity index (χ0n) is 21.1. The average Bonchev–Trinajstić information content (AvgIpc) is 3.51. The van der Waals surface area contributed by atoms with E-state index >= 15 is 0 Å². The summed E-state index contributed by atoms with van der Waals surface area (Å²) < 4.78 is 8.08. The standard InChI is InChI=1S/C29H28ClN5O2S/c1-18-15-21(11-12-24(18)30)37-14-13-34-17-20(22-9-5-6-10-25(22)34)16-23-26(31)35-29(32-27(23)36)38-28(33-35)19-7-3-2-4-8-19/h5-6,9-12,15-17,19,31H,2-4,7-8,13-14H2,1H3/b23-16+,31-26?. The smallest absolute Gasteiger partial charge is 0.283 e. The minimum Gasteiger partial charge on any atom is -0.492 e. The van der Waals surface area contributed by atoms with Gasteiger partial charge in [-0.1, -0.05) is 49.1 Å². The van der Waals surface area contributed by atoms with Crippen LogP contribution in [0.5, 0.6) is 5.75 Å². The molecule has 0 radical (unpaired) electrons. The topological polar surface area (TPSA) is 83.0 Å². The highest BCUT2D eigenvalue weighted by Gasteiger charge is 2.38. The van der Waals surface area contributed by atoms with Crippen LogP contribution >= 0.6 is 23.4 Å². The molecule has 2 aromatic carbocycles. The number of amidine groups is 2. The first-order valence-corrected chi connectivity index (χ1v) is 14.1. The van der Waals surface area contributed by atoms with Crippen molar-refractivity contribution < 1.29 is 9.53 Å². The Morgan fingerprint density at radius 3 is 2.82 bits per heavy atom. The number of ether oxygens (including phenoxy) is 1. The van der Waals surface area contributed by atoms with Gasteiger partial charge in [-0.3, -0.25) is 10.2 Å². The first kappa shape index (κ1) is 24.9. The van der Waals surface area contributed by atoms with Crippen LogP contribution in [0.4, 0.5) is 0 Å². The summed E-state index contributed by atoms with van der Waals surface area (Å²) in [6.07, 6.45) is 9.66. The highest BCUT2D eigenvalue weighted by Crippen LogP contribution is 2.36. The third-order valence-corrected chi connectivity index (χ3v) is 8.77. The van der Waals surface area contributed by atoms with Crippen LogP contribution < -0.4 is 4.74 Å². The summed E-state index contributed by atoms with van der Waals surface area (Å²) >= 11 is 7.57. The van der Waals surface area contributed by atoms with Crippen molar-refractivity contribution in [2.24, 2.45) is 16.0 Å². The molecule has 1 saturated carbocycles. The second-order valence-electron chi connectivity index (χ2n) is 9.85. The number of para-hydroxylation sites is 1. The zero-order valence-corrected chi connectivity index (χ0v) is 22.7. The molecule has 3 aliphatic rings. The number of benzene rings is 2. The van der Waals surface area contributed by atoms with Gasteiger partial charge in [0.1, 0.15) is 17.4 Å². The maximum absolute atomic E-state index is 13.0. The Balaban J connectivity index is 1.25. The molecule has 0 bridgehead atoms. The number of hydrogen-bond donors (Lipinski definition) is 1. The Morgan fingerprint density at radius 1 is 1.18 bits per heavy atom. The van der Waals surface area contributed by atoms with E-state index in [1.165, 1.54) is 36.0 Å². The van der Waals surface area contributed by atoms with Crippen molar-refractivity contribution in [3.63, 3.8) is 0 Å². The molecule has 0 unspecified atom stereocenters. The fourth-order valence-electron chi connectivity index (χ4n) is 5.22. The van der Waals surface area contributed by atoms with Gasteiger partial charge >= 0.3 is 0 Å². The van der Waals surface area contributed by atoms with Gasteiger partial charge in [0.05, 0.1) is 12.1 Å². The first-order chi connectivity index (χ1) is 18.5. The number of amides is 1. The molecule has 0 atom stereocenters. The largest absolute Gasteiger partial charge is 0.492 e. The van der Waals surface area contributed by atoms with Crippen LogP contribution in [0, 0.1) is 18.3 Å². The number of nitrogens with zero attached hydrogens (tertiary/aromatic N) is 4. The minimum atomic E-state index is -0.396. The Labute approximate surface area is 230 Å². The molecule has 3 aromatic rings. The van der Waals surface area contributed by atoms with E-state index in [1.807, 2.05) is 55.6 Å². The summed E-state index contributed by atoms with van der Waals surface area (Å²) in [5.41, 5.74) is 3.11. The number of hydrazone groups is 1. The van der Waals surface area contributed by atoms with Crippen LogP contribution in [-0.2, 0) is 11.3 Å². The van der Waals surface area contributed by atoms with E-state index in [4.69, 9.17) is 26.8 Å². The SMILES string of the molecule is Cc1cc(OCCn2cc(/C=C3\C(=N)N4N=C(C5CCCCC5)SC4=NC3=O)c3ccccc32)ccc1Cl. The number of carbonyl (C=O) groups excluding carboxylic acids is 1. The number of fused-ring (bicyclic) bond motifs is 2. The third kappa shape index (κ3) is 4.78. The number of aliphatic imine (C=N–C) groups is 1. The van der Waals surface area contributed by atoms with Gasteiger partial charge in [0.15, 0.2) is 5.84 Å². The van der Waals surface area contributed by atoms with E-state index in [2.05, 4.69) is 9.56 Å². The van der Waals surface area contributed by atoms with Crippen LogP contribution in [0.15, 0.2) is 64.3 Å². The minimum absolute atomic E-state index is 0.0802. The molecule has 1 aliphatic carbocycles. The molecule has 7 nitrogen and oxygen atoms in total. The second kappa shape index (κ2) is 10.4. The van der Waals surface area contributed by atoms with E-state index in [9.17, 15) is 4.79 Å². The Bertz CT molecular complexity index is 1530. The molecule has 194 valence electrons. The van der Waals surface area contributed by atoms with Gasteiger partial charge in [-0.25, -0.2) is 0 Å². The summed E-state index contributed by atoms with van der Waals surface area (Å²) in [5.74, 6) is 0.857. The zero-order chi connectivity index (χ0) is 26.2. The molecular formula is C29H28ClN5O2S. The molecule has 2 aliphatic heterocycles. The number of carbonyl (C=O) groups is 1. The van der Waals surface area contributed by atoms with Crippen LogP contribution in [0.3, 0.4) is 0 Å². The first-order valence-electron chi connectivity index (χ1n) is 12.9. The molecule has 38 heavy (non-hydrogen) atoms. The van der Waals surface area contributed by atoms with E-state index in [0.717, 1.165) is 45.7 Å². The number of rotatable bonds is 6. The van der Waals surface area contributed by atoms with Gasteiger partial charge < -0.3 is 9.30 Å². The number of halogens is 1. The Morgan fingerprint density at radius 2 is 2.00 bits per heavy atom. The quantitative estimate of drug-likeness (QED) is 0.342. The highest BCUT2D eigenvalue weighted by atomic mass is 35.5. The predicted molar refractivity (Wildman–Crippen MR) is 155 cm³/mol. The van der Waals surface area contributed by atoms with Gasteiger partial charge in [-0.2, -0.15) is 15.1 Å². The fourth-order valence-corrected chi connectivity index (χ4v) is 6.40. The number of nitrogens with one attached hydrogen (secondary N) is 1. The lowest BCUT2D eigenvalue weighted by Crippen LogP contribution is -2.35. The van der Waals surface area contributed by atoms with Crippen molar-refractivity contribution in [1.29, 1.82) is 5.41 Å². The lowest BCUT2D eigenvalue weighted by molar-refractivity contribution is -0.114. The normalized spacial score (nSPS) is 19.2. The molecule has 1 fully saturated rings. The van der Waals surface area contributed by atoms with Crippen molar-refractivity contribution in [2.45, 2.75) is 45.6 Å². The molecular weight excluding hydrogens is 518 g/mol. The second-order valence-corrected chi connectivity index (χ2v) is 11.2. The molecule has 1 N–H and O–H groups in total.